The van der Waals surface area contributed by atoms with E-state index in [2.05, 4.69) is 0 Å². The van der Waals surface area contributed by atoms with E-state index < -0.39 is 0 Å². The lowest BCUT2D eigenvalue weighted by Gasteiger charge is -2.11. The van der Waals surface area contributed by atoms with Gasteiger partial charge in [-0.15, -0.1) is 11.8 Å². The third-order valence-electron chi connectivity index (χ3n) is 2.74. The maximum Gasteiger partial charge on any atom is 0.324 e. The first kappa shape index (κ1) is 15.7. The zero-order valence-electron chi connectivity index (χ0n) is 11.7. The van der Waals surface area contributed by atoms with Crippen LogP contribution in [0.2, 0.25) is 5.02 Å². The van der Waals surface area contributed by atoms with E-state index in [1.165, 1.54) is 11.8 Å². The second-order valence-corrected chi connectivity index (χ2v) is 6.16. The summed E-state index contributed by atoms with van der Waals surface area (Å²) in [6, 6.07) is 14.3. The summed E-state index contributed by atoms with van der Waals surface area (Å²) in [7, 11) is 1.59. The molecule has 0 aliphatic carbocycles. The maximum absolute atomic E-state index is 12.0. The van der Waals surface area contributed by atoms with E-state index in [9.17, 15) is 4.79 Å². The summed E-state index contributed by atoms with van der Waals surface area (Å²) in [6.45, 7) is 1.81. The second-order valence-electron chi connectivity index (χ2n) is 4.31. The van der Waals surface area contributed by atoms with Gasteiger partial charge in [0, 0.05) is 9.92 Å². The fourth-order valence-electron chi connectivity index (χ4n) is 1.61. The molecule has 0 aromatic heterocycles. The van der Waals surface area contributed by atoms with Crippen molar-refractivity contribution < 1.29 is 14.3 Å². The summed E-state index contributed by atoms with van der Waals surface area (Å²) in [5.41, 5.74) is 0. The summed E-state index contributed by atoms with van der Waals surface area (Å²) < 4.78 is 10.4. The highest BCUT2D eigenvalue weighted by molar-refractivity contribution is 8.00. The molecule has 0 amide bonds. The number of carbonyl (C=O) groups excluding carboxylic acids is 1. The van der Waals surface area contributed by atoms with Crippen molar-refractivity contribution in [3.05, 3.63) is 53.6 Å². The molecule has 1 unspecified atom stereocenters. The first-order valence-electron chi connectivity index (χ1n) is 6.36. The van der Waals surface area contributed by atoms with E-state index in [4.69, 9.17) is 21.1 Å². The van der Waals surface area contributed by atoms with Crippen molar-refractivity contribution in [3.8, 4) is 11.5 Å². The van der Waals surface area contributed by atoms with Crippen LogP contribution in [0.25, 0.3) is 0 Å². The topological polar surface area (TPSA) is 35.5 Å². The van der Waals surface area contributed by atoms with Crippen molar-refractivity contribution in [2.45, 2.75) is 17.1 Å². The molecule has 0 bridgehead atoms. The van der Waals surface area contributed by atoms with Gasteiger partial charge in [-0.25, -0.2) is 0 Å². The van der Waals surface area contributed by atoms with Crippen molar-refractivity contribution >= 4 is 29.3 Å². The lowest BCUT2D eigenvalue weighted by atomic mass is 10.3. The molecule has 0 heterocycles. The predicted octanol–water partition coefficient (Wildman–Crippen LogP) is 4.43. The smallest absolute Gasteiger partial charge is 0.324 e. The van der Waals surface area contributed by atoms with Crippen molar-refractivity contribution in [3.63, 3.8) is 0 Å². The first-order chi connectivity index (χ1) is 10.1. The Kier molecular flexibility index (Phi) is 5.53. The molecule has 0 fully saturated rings. The van der Waals surface area contributed by atoms with E-state index >= 15 is 0 Å². The summed E-state index contributed by atoms with van der Waals surface area (Å²) in [4.78, 5) is 13.0. The van der Waals surface area contributed by atoms with Gasteiger partial charge in [0.2, 0.25) is 0 Å². The average molecular weight is 323 g/mol. The van der Waals surface area contributed by atoms with E-state index in [1.807, 2.05) is 19.1 Å². The van der Waals surface area contributed by atoms with Crippen LogP contribution in [0, 0.1) is 0 Å². The quantitative estimate of drug-likeness (QED) is 0.463. The second kappa shape index (κ2) is 7.38. The van der Waals surface area contributed by atoms with E-state index in [1.54, 1.807) is 43.5 Å². The largest absolute Gasteiger partial charge is 0.497 e. The first-order valence-corrected chi connectivity index (χ1v) is 7.62. The van der Waals surface area contributed by atoms with Crippen LogP contribution in [0.15, 0.2) is 53.4 Å². The highest BCUT2D eigenvalue weighted by Gasteiger charge is 2.16. The van der Waals surface area contributed by atoms with Gasteiger partial charge in [0.05, 0.1) is 7.11 Å². The standard InChI is InChI=1S/C16H15ClO3S/c1-11(21-15-9-3-12(17)4-10-15)16(18)20-14-7-5-13(19-2)6-8-14/h3-11H,1-2H3. The third kappa shape index (κ3) is 4.69. The number of benzene rings is 2. The van der Waals surface area contributed by atoms with Gasteiger partial charge in [-0.2, -0.15) is 0 Å². The molecule has 5 heteroatoms. The molecule has 0 radical (unpaired) electrons. The molecule has 21 heavy (non-hydrogen) atoms. The highest BCUT2D eigenvalue weighted by Crippen LogP contribution is 2.26. The number of rotatable bonds is 5. The van der Waals surface area contributed by atoms with Crippen LogP contribution in [0.3, 0.4) is 0 Å². The fourth-order valence-corrected chi connectivity index (χ4v) is 2.58. The van der Waals surface area contributed by atoms with Crippen LogP contribution in [0.4, 0.5) is 0 Å². The minimum absolute atomic E-state index is 0.292. The van der Waals surface area contributed by atoms with Gasteiger partial charge >= 0.3 is 5.97 Å². The Labute approximate surface area is 133 Å². The summed E-state index contributed by atoms with van der Waals surface area (Å²) in [5.74, 6) is 0.933. The molecular weight excluding hydrogens is 308 g/mol. The van der Waals surface area contributed by atoms with Gasteiger partial charge in [0.25, 0.3) is 0 Å². The number of hydrogen-bond acceptors (Lipinski definition) is 4. The Morgan fingerprint density at radius 2 is 1.62 bits per heavy atom. The monoisotopic (exact) mass is 322 g/mol. The van der Waals surface area contributed by atoms with Gasteiger partial charge in [0.15, 0.2) is 0 Å². The van der Waals surface area contributed by atoms with Gasteiger partial charge in [-0.1, -0.05) is 11.6 Å². The Hall–Kier alpha value is -1.65. The summed E-state index contributed by atoms with van der Waals surface area (Å²) >= 11 is 7.26. The van der Waals surface area contributed by atoms with Gasteiger partial charge < -0.3 is 9.47 Å². The molecule has 1 atom stereocenters. The number of thioether (sulfide) groups is 1. The van der Waals surface area contributed by atoms with Crippen LogP contribution < -0.4 is 9.47 Å². The minimum Gasteiger partial charge on any atom is -0.497 e. The van der Waals surface area contributed by atoms with Gasteiger partial charge in [-0.3, -0.25) is 4.79 Å². The zero-order chi connectivity index (χ0) is 15.2. The zero-order valence-corrected chi connectivity index (χ0v) is 13.3. The maximum atomic E-state index is 12.0. The van der Waals surface area contributed by atoms with Crippen LogP contribution in [0.5, 0.6) is 11.5 Å². The molecule has 2 aromatic carbocycles. The molecule has 0 spiro atoms. The van der Waals surface area contributed by atoms with E-state index in [0.29, 0.717) is 10.8 Å². The van der Waals surface area contributed by atoms with Gasteiger partial charge in [-0.05, 0) is 55.5 Å². The molecular formula is C16H15ClO3S. The Bertz CT molecular complexity index is 596. The molecule has 2 rings (SSSR count). The number of methoxy groups -OCH3 is 1. The van der Waals surface area contributed by atoms with Crippen molar-refractivity contribution in [2.24, 2.45) is 0 Å². The molecule has 110 valence electrons. The Balaban J connectivity index is 1.93. The van der Waals surface area contributed by atoms with E-state index in [-0.39, 0.29) is 11.2 Å². The molecule has 0 saturated carbocycles. The van der Waals surface area contributed by atoms with Gasteiger partial charge in [0.1, 0.15) is 16.7 Å². The summed E-state index contributed by atoms with van der Waals surface area (Å²) in [5, 5.41) is 0.362. The van der Waals surface area contributed by atoms with Crippen LogP contribution in [-0.2, 0) is 4.79 Å². The lowest BCUT2D eigenvalue weighted by molar-refractivity contribution is -0.133. The number of halogens is 1. The number of carbonyl (C=O) groups is 1. The molecule has 3 nitrogen and oxygen atoms in total. The summed E-state index contributed by atoms with van der Waals surface area (Å²) in [6.07, 6.45) is 0. The fraction of sp³-hybridized carbons (Fsp3) is 0.188. The molecule has 0 aliphatic heterocycles. The third-order valence-corrected chi connectivity index (χ3v) is 4.08. The van der Waals surface area contributed by atoms with Crippen LogP contribution in [0.1, 0.15) is 6.92 Å². The number of ether oxygens (including phenoxy) is 2. The predicted molar refractivity (Wildman–Crippen MR) is 85.4 cm³/mol. The minimum atomic E-state index is -0.312. The average Bonchev–Trinajstić information content (AvgIpc) is 2.50. The Morgan fingerprint density at radius 3 is 2.19 bits per heavy atom. The lowest BCUT2D eigenvalue weighted by Crippen LogP contribution is -2.19. The molecule has 0 aliphatic rings. The molecule has 2 aromatic rings. The van der Waals surface area contributed by atoms with Crippen molar-refractivity contribution in [1.29, 1.82) is 0 Å². The Morgan fingerprint density at radius 1 is 1.05 bits per heavy atom. The van der Waals surface area contributed by atoms with Crippen molar-refractivity contribution in [2.75, 3.05) is 7.11 Å². The number of esters is 1. The molecule has 0 saturated heterocycles. The van der Waals surface area contributed by atoms with E-state index in [0.717, 1.165) is 10.6 Å². The van der Waals surface area contributed by atoms with Crippen molar-refractivity contribution in [1.82, 2.24) is 0 Å². The van der Waals surface area contributed by atoms with Crippen LogP contribution in [-0.4, -0.2) is 18.3 Å². The van der Waals surface area contributed by atoms with Crippen LogP contribution >= 0.6 is 23.4 Å². The number of hydrogen-bond donors (Lipinski definition) is 0. The SMILES string of the molecule is COc1ccc(OC(=O)C(C)Sc2ccc(Cl)cc2)cc1. The molecule has 0 N–H and O–H groups in total. The highest BCUT2D eigenvalue weighted by atomic mass is 35.5. The normalized spacial score (nSPS) is 11.8.